The summed E-state index contributed by atoms with van der Waals surface area (Å²) in [5.74, 6) is -0.424. The van der Waals surface area contributed by atoms with Crippen LogP contribution in [0, 0.1) is 13.8 Å². The number of hydrogen-bond acceptors (Lipinski definition) is 5. The van der Waals surface area contributed by atoms with E-state index in [0.29, 0.717) is 24.4 Å². The fourth-order valence-corrected chi connectivity index (χ4v) is 3.41. The highest BCUT2D eigenvalue weighted by molar-refractivity contribution is 5.97. The molecule has 1 saturated heterocycles. The maximum atomic E-state index is 13.1. The summed E-state index contributed by atoms with van der Waals surface area (Å²) >= 11 is 0. The van der Waals surface area contributed by atoms with Gasteiger partial charge in [-0.15, -0.1) is 0 Å². The lowest BCUT2D eigenvalue weighted by Crippen LogP contribution is -2.50. The van der Waals surface area contributed by atoms with Crippen LogP contribution in [-0.2, 0) is 16.6 Å². The second-order valence-corrected chi connectivity index (χ2v) is 7.32. The molecule has 9 nitrogen and oxygen atoms in total. The van der Waals surface area contributed by atoms with Crippen LogP contribution >= 0.6 is 0 Å². The van der Waals surface area contributed by atoms with Crippen molar-refractivity contribution in [1.29, 1.82) is 0 Å². The Bertz CT molecular complexity index is 1070. The third-order valence-electron chi connectivity index (χ3n) is 5.35. The summed E-state index contributed by atoms with van der Waals surface area (Å²) in [6, 6.07) is 7.37. The quantitative estimate of drug-likeness (QED) is 0.709. The van der Waals surface area contributed by atoms with Crippen LogP contribution in [0.1, 0.15) is 21.6 Å². The van der Waals surface area contributed by atoms with Gasteiger partial charge in [0.2, 0.25) is 0 Å². The molecular weight excluding hydrogens is 384 g/mol. The lowest BCUT2D eigenvalue weighted by Gasteiger charge is -2.32. The van der Waals surface area contributed by atoms with E-state index in [4.69, 9.17) is 4.74 Å². The predicted octanol–water partition coefficient (Wildman–Crippen LogP) is 1.70. The predicted molar refractivity (Wildman–Crippen MR) is 111 cm³/mol. The van der Waals surface area contributed by atoms with Crippen LogP contribution in [0.2, 0.25) is 0 Å². The third-order valence-corrected chi connectivity index (χ3v) is 5.35. The summed E-state index contributed by atoms with van der Waals surface area (Å²) in [4.78, 5) is 27.4. The molecule has 1 unspecified atom stereocenters. The van der Waals surface area contributed by atoms with Crippen molar-refractivity contribution >= 4 is 17.5 Å². The molecule has 4 rings (SSSR count). The van der Waals surface area contributed by atoms with Crippen LogP contribution in [0.25, 0.3) is 5.69 Å². The lowest BCUT2D eigenvalue weighted by molar-refractivity contribution is -0.131. The molecule has 1 aromatic carbocycles. The van der Waals surface area contributed by atoms with E-state index in [-0.39, 0.29) is 18.4 Å². The minimum Gasteiger partial charge on any atom is -0.365 e. The molecule has 0 spiro atoms. The summed E-state index contributed by atoms with van der Waals surface area (Å²) in [7, 11) is 1.81. The molecule has 0 radical (unpaired) electrons. The average Bonchev–Trinajstić information content (AvgIpc) is 3.40. The van der Waals surface area contributed by atoms with Gasteiger partial charge in [0.1, 0.15) is 0 Å². The first-order valence-corrected chi connectivity index (χ1v) is 9.75. The second-order valence-electron chi connectivity index (χ2n) is 7.32. The van der Waals surface area contributed by atoms with Gasteiger partial charge in [0.05, 0.1) is 36.4 Å². The first kappa shape index (κ1) is 19.8. The van der Waals surface area contributed by atoms with Gasteiger partial charge >= 0.3 is 0 Å². The van der Waals surface area contributed by atoms with E-state index in [1.165, 1.54) is 0 Å². The number of morpholine rings is 1. The maximum Gasteiger partial charge on any atom is 0.255 e. The van der Waals surface area contributed by atoms with Gasteiger partial charge in [-0.2, -0.15) is 10.2 Å². The number of benzene rings is 1. The Labute approximate surface area is 174 Å². The van der Waals surface area contributed by atoms with Crippen molar-refractivity contribution in [3.8, 4) is 5.69 Å². The van der Waals surface area contributed by atoms with E-state index in [2.05, 4.69) is 15.5 Å². The Morgan fingerprint density at radius 1 is 1.23 bits per heavy atom. The molecule has 3 heterocycles. The Morgan fingerprint density at radius 2 is 2.07 bits per heavy atom. The summed E-state index contributed by atoms with van der Waals surface area (Å²) in [5.41, 5.74) is 3.90. The van der Waals surface area contributed by atoms with Crippen molar-refractivity contribution in [1.82, 2.24) is 24.5 Å². The van der Waals surface area contributed by atoms with Gasteiger partial charge in [0.25, 0.3) is 11.8 Å². The van der Waals surface area contributed by atoms with Gasteiger partial charge in [-0.3, -0.25) is 14.3 Å². The molecule has 0 saturated carbocycles. The van der Waals surface area contributed by atoms with Crippen molar-refractivity contribution in [3.05, 3.63) is 59.7 Å². The molecule has 1 aliphatic heterocycles. The summed E-state index contributed by atoms with van der Waals surface area (Å²) in [6.07, 6.45) is 4.40. The van der Waals surface area contributed by atoms with Crippen LogP contribution in [0.15, 0.2) is 42.9 Å². The van der Waals surface area contributed by atoms with Gasteiger partial charge in [0, 0.05) is 31.5 Å². The Morgan fingerprint density at radius 3 is 2.77 bits per heavy atom. The number of carbonyl (C=O) groups excluding carboxylic acids is 2. The smallest absolute Gasteiger partial charge is 0.255 e. The molecule has 1 N–H and O–H groups in total. The lowest BCUT2D eigenvalue weighted by atomic mass is 10.1. The van der Waals surface area contributed by atoms with Gasteiger partial charge in [-0.05, 0) is 37.6 Å². The highest BCUT2D eigenvalue weighted by atomic mass is 16.5. The highest BCUT2D eigenvalue weighted by Gasteiger charge is 2.30. The molecule has 156 valence electrons. The number of nitrogens with zero attached hydrogens (tertiary/aromatic N) is 5. The van der Waals surface area contributed by atoms with Crippen molar-refractivity contribution < 1.29 is 14.3 Å². The largest absolute Gasteiger partial charge is 0.365 e. The van der Waals surface area contributed by atoms with E-state index < -0.39 is 6.10 Å². The van der Waals surface area contributed by atoms with Crippen LogP contribution in [0.4, 0.5) is 5.69 Å². The minimum absolute atomic E-state index is 0.137. The number of anilines is 1. The number of carbonyl (C=O) groups is 2. The zero-order chi connectivity index (χ0) is 21.3. The Hall–Kier alpha value is -3.46. The van der Waals surface area contributed by atoms with Crippen LogP contribution < -0.4 is 5.32 Å². The number of rotatable bonds is 4. The highest BCUT2D eigenvalue weighted by Crippen LogP contribution is 2.19. The standard InChI is InChI=1S/C21H24N6O3/c1-14-5-6-16(11-18(14)27-8-4-7-22-27)21(29)26-9-10-30-19(13-26)20(28)24-17-12-23-25(3)15(17)2/h4-8,11-12,19H,9-10,13H2,1-3H3,(H,24,28). The monoisotopic (exact) mass is 408 g/mol. The van der Waals surface area contributed by atoms with Gasteiger partial charge in [-0.1, -0.05) is 6.07 Å². The van der Waals surface area contributed by atoms with Crippen molar-refractivity contribution in [2.24, 2.45) is 7.05 Å². The number of aromatic nitrogens is 4. The summed E-state index contributed by atoms with van der Waals surface area (Å²) < 4.78 is 9.05. The molecule has 0 bridgehead atoms. The minimum atomic E-state index is -0.738. The van der Waals surface area contributed by atoms with Gasteiger partial charge < -0.3 is 15.0 Å². The fourth-order valence-electron chi connectivity index (χ4n) is 3.41. The average molecular weight is 408 g/mol. The SMILES string of the molecule is Cc1ccc(C(=O)N2CCOC(C(=O)Nc3cnn(C)c3C)C2)cc1-n1cccn1. The summed E-state index contributed by atoms with van der Waals surface area (Å²) in [5, 5.41) is 11.2. The van der Waals surface area contributed by atoms with Crippen LogP contribution in [0.5, 0.6) is 0 Å². The Balaban J connectivity index is 1.48. The van der Waals surface area contributed by atoms with Crippen molar-refractivity contribution in [2.75, 3.05) is 25.0 Å². The van der Waals surface area contributed by atoms with E-state index in [9.17, 15) is 9.59 Å². The van der Waals surface area contributed by atoms with E-state index in [0.717, 1.165) is 16.9 Å². The van der Waals surface area contributed by atoms with E-state index >= 15 is 0 Å². The molecule has 30 heavy (non-hydrogen) atoms. The molecule has 1 aliphatic rings. The molecule has 2 amide bonds. The number of ether oxygens (including phenoxy) is 1. The first-order valence-electron chi connectivity index (χ1n) is 9.75. The summed E-state index contributed by atoms with van der Waals surface area (Å²) in [6.45, 7) is 4.76. The first-order chi connectivity index (χ1) is 14.4. The Kier molecular flexibility index (Phi) is 5.37. The van der Waals surface area contributed by atoms with E-state index in [1.807, 2.05) is 45.3 Å². The zero-order valence-electron chi connectivity index (χ0n) is 17.2. The zero-order valence-corrected chi connectivity index (χ0v) is 17.2. The normalized spacial score (nSPS) is 16.5. The van der Waals surface area contributed by atoms with Crippen molar-refractivity contribution in [2.45, 2.75) is 20.0 Å². The maximum absolute atomic E-state index is 13.1. The second kappa shape index (κ2) is 8.11. The van der Waals surface area contributed by atoms with Gasteiger partial charge in [-0.25, -0.2) is 4.68 Å². The third kappa shape index (κ3) is 3.84. The van der Waals surface area contributed by atoms with E-state index in [1.54, 1.807) is 32.7 Å². The number of nitrogens with one attached hydrogen (secondary N) is 1. The molecule has 9 heteroatoms. The molecule has 3 aromatic rings. The van der Waals surface area contributed by atoms with Gasteiger partial charge in [0.15, 0.2) is 6.10 Å². The number of amides is 2. The van der Waals surface area contributed by atoms with Crippen LogP contribution in [-0.4, -0.2) is 62.1 Å². The number of hydrogen-bond donors (Lipinski definition) is 1. The van der Waals surface area contributed by atoms with Crippen LogP contribution in [0.3, 0.4) is 0 Å². The number of aryl methyl sites for hydroxylation is 2. The molecular formula is C21H24N6O3. The molecule has 1 fully saturated rings. The molecule has 1 atom stereocenters. The topological polar surface area (TPSA) is 94.3 Å². The van der Waals surface area contributed by atoms with Crippen molar-refractivity contribution in [3.63, 3.8) is 0 Å². The molecule has 2 aromatic heterocycles. The fraction of sp³-hybridized carbons (Fsp3) is 0.333. The molecule has 0 aliphatic carbocycles.